The van der Waals surface area contributed by atoms with E-state index in [1.165, 1.54) is 5.57 Å². The fourth-order valence-electron chi connectivity index (χ4n) is 2.39. The number of nitrogens with zero attached hydrogens (tertiary/aromatic N) is 3. The highest BCUT2D eigenvalue weighted by atomic mass is 19.1. The van der Waals surface area contributed by atoms with Crippen molar-refractivity contribution in [2.75, 3.05) is 18.0 Å². The molecule has 1 aromatic carbocycles. The molecule has 0 unspecified atom stereocenters. The Morgan fingerprint density at radius 1 is 1.25 bits per heavy atom. The standard InChI is InChI=1S/C16H16FN3/c1-11-6-7-20(10-11)16-18-8-13(9-19-16)14-5-3-4-12(2)15(14)17/h3-5,8-9H,1,6-7,10H2,2H3. The van der Waals surface area contributed by atoms with Gasteiger partial charge in [-0.3, -0.25) is 0 Å². The van der Waals surface area contributed by atoms with E-state index in [9.17, 15) is 4.39 Å². The fourth-order valence-corrected chi connectivity index (χ4v) is 2.39. The maximum Gasteiger partial charge on any atom is 0.225 e. The molecule has 2 aromatic rings. The van der Waals surface area contributed by atoms with E-state index >= 15 is 0 Å². The molecular formula is C16H16FN3. The maximum atomic E-state index is 14.1. The zero-order chi connectivity index (χ0) is 14.1. The van der Waals surface area contributed by atoms with Crippen molar-refractivity contribution in [1.29, 1.82) is 0 Å². The average Bonchev–Trinajstić information content (AvgIpc) is 2.89. The van der Waals surface area contributed by atoms with Crippen LogP contribution in [0, 0.1) is 12.7 Å². The highest BCUT2D eigenvalue weighted by Crippen LogP contribution is 2.25. The number of hydrogen-bond acceptors (Lipinski definition) is 3. The number of anilines is 1. The summed E-state index contributed by atoms with van der Waals surface area (Å²) in [5, 5.41) is 0. The topological polar surface area (TPSA) is 29.0 Å². The van der Waals surface area contributed by atoms with Crippen molar-refractivity contribution in [3.63, 3.8) is 0 Å². The maximum absolute atomic E-state index is 14.1. The largest absolute Gasteiger partial charge is 0.337 e. The van der Waals surface area contributed by atoms with Crippen molar-refractivity contribution in [1.82, 2.24) is 9.97 Å². The van der Waals surface area contributed by atoms with Crippen LogP contribution in [-0.2, 0) is 0 Å². The predicted octanol–water partition coefficient (Wildman–Crippen LogP) is 3.36. The van der Waals surface area contributed by atoms with Gasteiger partial charge in [-0.25, -0.2) is 14.4 Å². The van der Waals surface area contributed by atoms with Crippen LogP contribution in [0.15, 0.2) is 42.7 Å². The van der Waals surface area contributed by atoms with Gasteiger partial charge >= 0.3 is 0 Å². The Morgan fingerprint density at radius 3 is 2.65 bits per heavy atom. The van der Waals surface area contributed by atoms with Crippen molar-refractivity contribution in [3.05, 3.63) is 54.1 Å². The highest BCUT2D eigenvalue weighted by molar-refractivity contribution is 5.63. The first-order valence-electron chi connectivity index (χ1n) is 6.64. The van der Waals surface area contributed by atoms with Crippen molar-refractivity contribution in [3.8, 4) is 11.1 Å². The van der Waals surface area contributed by atoms with Crippen LogP contribution in [-0.4, -0.2) is 23.1 Å². The molecule has 1 aromatic heterocycles. The summed E-state index contributed by atoms with van der Waals surface area (Å²) in [5.74, 6) is 0.471. The summed E-state index contributed by atoms with van der Waals surface area (Å²) in [5.41, 5.74) is 3.07. The van der Waals surface area contributed by atoms with Crippen LogP contribution in [0.2, 0.25) is 0 Å². The van der Waals surface area contributed by atoms with Gasteiger partial charge in [-0.2, -0.15) is 0 Å². The molecule has 1 aliphatic heterocycles. The molecule has 0 saturated carbocycles. The molecule has 0 amide bonds. The van der Waals surface area contributed by atoms with Gasteiger partial charge in [0.2, 0.25) is 5.95 Å². The molecule has 0 atom stereocenters. The van der Waals surface area contributed by atoms with Gasteiger partial charge < -0.3 is 4.90 Å². The number of rotatable bonds is 2. The first kappa shape index (κ1) is 12.8. The van der Waals surface area contributed by atoms with Gasteiger partial charge in [-0.15, -0.1) is 0 Å². The first-order valence-corrected chi connectivity index (χ1v) is 6.64. The Morgan fingerprint density at radius 2 is 2.00 bits per heavy atom. The molecule has 1 saturated heterocycles. The average molecular weight is 269 g/mol. The monoisotopic (exact) mass is 269 g/mol. The third-order valence-corrected chi connectivity index (χ3v) is 3.57. The summed E-state index contributed by atoms with van der Waals surface area (Å²) >= 11 is 0. The normalized spacial score (nSPS) is 14.9. The van der Waals surface area contributed by atoms with Crippen molar-refractivity contribution in [2.24, 2.45) is 0 Å². The van der Waals surface area contributed by atoms with E-state index in [2.05, 4.69) is 21.4 Å². The van der Waals surface area contributed by atoms with Crippen LogP contribution in [0.3, 0.4) is 0 Å². The molecule has 1 aliphatic rings. The second-order valence-electron chi connectivity index (χ2n) is 5.13. The van der Waals surface area contributed by atoms with Crippen LogP contribution in [0.1, 0.15) is 12.0 Å². The lowest BCUT2D eigenvalue weighted by atomic mass is 10.1. The molecule has 4 heteroatoms. The predicted molar refractivity (Wildman–Crippen MR) is 78.1 cm³/mol. The summed E-state index contributed by atoms with van der Waals surface area (Å²) in [6.45, 7) is 7.43. The fraction of sp³-hybridized carbons (Fsp3) is 0.250. The smallest absolute Gasteiger partial charge is 0.225 e. The zero-order valence-corrected chi connectivity index (χ0v) is 11.4. The summed E-state index contributed by atoms with van der Waals surface area (Å²) in [4.78, 5) is 10.8. The minimum absolute atomic E-state index is 0.210. The van der Waals surface area contributed by atoms with Crippen LogP contribution < -0.4 is 4.90 Å². The van der Waals surface area contributed by atoms with E-state index in [1.54, 1.807) is 31.5 Å². The van der Waals surface area contributed by atoms with Crippen LogP contribution in [0.25, 0.3) is 11.1 Å². The number of halogens is 1. The minimum atomic E-state index is -0.210. The molecule has 102 valence electrons. The SMILES string of the molecule is C=C1CCN(c2ncc(-c3cccc(C)c3F)cn2)C1. The Bertz CT molecular complexity index is 649. The van der Waals surface area contributed by atoms with Crippen LogP contribution in [0.5, 0.6) is 0 Å². The quantitative estimate of drug-likeness (QED) is 0.783. The second kappa shape index (κ2) is 5.04. The minimum Gasteiger partial charge on any atom is -0.337 e. The summed E-state index contributed by atoms with van der Waals surface area (Å²) in [6, 6.07) is 5.34. The third kappa shape index (κ3) is 2.29. The molecule has 3 nitrogen and oxygen atoms in total. The first-order chi connectivity index (χ1) is 9.65. The molecule has 0 spiro atoms. The van der Waals surface area contributed by atoms with Gasteiger partial charge in [0.1, 0.15) is 5.82 Å². The number of aryl methyl sites for hydroxylation is 1. The lowest BCUT2D eigenvalue weighted by Crippen LogP contribution is -2.20. The molecule has 0 aliphatic carbocycles. The molecule has 20 heavy (non-hydrogen) atoms. The molecule has 0 bridgehead atoms. The van der Waals surface area contributed by atoms with E-state index in [0.29, 0.717) is 22.6 Å². The van der Waals surface area contributed by atoms with Crippen molar-refractivity contribution in [2.45, 2.75) is 13.3 Å². The number of aromatic nitrogens is 2. The van der Waals surface area contributed by atoms with Crippen LogP contribution in [0.4, 0.5) is 10.3 Å². The molecule has 0 radical (unpaired) electrons. The molecule has 1 fully saturated rings. The van der Waals surface area contributed by atoms with E-state index < -0.39 is 0 Å². The zero-order valence-electron chi connectivity index (χ0n) is 11.4. The number of benzene rings is 1. The lowest BCUT2D eigenvalue weighted by molar-refractivity contribution is 0.622. The molecule has 2 heterocycles. The van der Waals surface area contributed by atoms with Gasteiger partial charge in [0.05, 0.1) is 0 Å². The van der Waals surface area contributed by atoms with Crippen molar-refractivity contribution >= 4 is 5.95 Å². The molecular weight excluding hydrogens is 253 g/mol. The second-order valence-corrected chi connectivity index (χ2v) is 5.13. The van der Waals surface area contributed by atoms with Crippen LogP contribution >= 0.6 is 0 Å². The molecule has 0 N–H and O–H groups in total. The summed E-state index contributed by atoms with van der Waals surface area (Å²) in [7, 11) is 0. The van der Waals surface area contributed by atoms with E-state index in [0.717, 1.165) is 19.5 Å². The van der Waals surface area contributed by atoms with Crippen molar-refractivity contribution < 1.29 is 4.39 Å². The van der Waals surface area contributed by atoms with Gasteiger partial charge in [-0.05, 0) is 18.9 Å². The van der Waals surface area contributed by atoms with E-state index in [4.69, 9.17) is 0 Å². The van der Waals surface area contributed by atoms with Gasteiger partial charge in [0, 0.05) is 36.6 Å². The van der Waals surface area contributed by atoms with Gasteiger partial charge in [0.15, 0.2) is 0 Å². The highest BCUT2D eigenvalue weighted by Gasteiger charge is 2.17. The summed E-state index contributed by atoms with van der Waals surface area (Å²) < 4.78 is 14.1. The Kier molecular flexibility index (Phi) is 3.22. The van der Waals surface area contributed by atoms with E-state index in [-0.39, 0.29) is 5.82 Å². The number of hydrogen-bond donors (Lipinski definition) is 0. The van der Waals surface area contributed by atoms with E-state index in [1.807, 2.05) is 6.07 Å². The Balaban J connectivity index is 1.89. The third-order valence-electron chi connectivity index (χ3n) is 3.57. The lowest BCUT2D eigenvalue weighted by Gasteiger charge is -2.14. The Labute approximate surface area is 117 Å². The van der Waals surface area contributed by atoms with Gasteiger partial charge in [-0.1, -0.05) is 30.4 Å². The van der Waals surface area contributed by atoms with Gasteiger partial charge in [0.25, 0.3) is 0 Å². The molecule has 3 rings (SSSR count). The Hall–Kier alpha value is -2.23. The summed E-state index contributed by atoms with van der Waals surface area (Å²) in [6.07, 6.45) is 4.35.